The van der Waals surface area contributed by atoms with Gasteiger partial charge in [0.1, 0.15) is 11.9 Å². The molecule has 0 aliphatic heterocycles. The van der Waals surface area contributed by atoms with Crippen molar-refractivity contribution < 1.29 is 9.50 Å². The summed E-state index contributed by atoms with van der Waals surface area (Å²) in [5.41, 5.74) is 1.96. The zero-order valence-electron chi connectivity index (χ0n) is 17.5. The molecule has 0 bridgehead atoms. The van der Waals surface area contributed by atoms with Crippen molar-refractivity contribution in [1.82, 2.24) is 24.6 Å². The first-order valence-corrected chi connectivity index (χ1v) is 10.1. The average molecular weight is 410 g/mol. The zero-order valence-corrected chi connectivity index (χ0v) is 17.5. The Morgan fingerprint density at radius 2 is 1.93 bits per heavy atom. The molecule has 30 heavy (non-hydrogen) atoms. The fraction of sp³-hybridized carbons (Fsp3) is 0.409. The van der Waals surface area contributed by atoms with Gasteiger partial charge in [0.15, 0.2) is 5.82 Å². The maximum Gasteiger partial charge on any atom is 0.151 e. The lowest BCUT2D eigenvalue weighted by molar-refractivity contribution is 0.137. The number of hydrogen-bond acceptors (Lipinski definition) is 6. The van der Waals surface area contributed by atoms with Crippen molar-refractivity contribution in [2.24, 2.45) is 0 Å². The first kappa shape index (κ1) is 20.3. The Balaban J connectivity index is 1.52. The summed E-state index contributed by atoms with van der Waals surface area (Å²) in [6.07, 6.45) is 6.46. The highest BCUT2D eigenvalue weighted by Gasteiger charge is 2.34. The molecule has 0 amide bonds. The molecule has 0 saturated heterocycles. The number of phenols is 1. The maximum atomic E-state index is 14.6. The summed E-state index contributed by atoms with van der Waals surface area (Å²) in [4.78, 5) is 8.07. The van der Waals surface area contributed by atoms with Crippen molar-refractivity contribution in [2.75, 3.05) is 26.0 Å². The van der Waals surface area contributed by atoms with Gasteiger partial charge in [-0.05, 0) is 57.6 Å². The van der Waals surface area contributed by atoms with E-state index in [1.165, 1.54) is 0 Å². The quantitative estimate of drug-likeness (QED) is 0.696. The Labute approximate surface area is 175 Å². The van der Waals surface area contributed by atoms with Crippen LogP contribution in [0.4, 0.5) is 10.2 Å². The standard InChI is InChI=1S/C22H27FN6O/c1-27(2)15-5-7-18(23)20(12-15)28(3)22-9-8-19(25-26-22)17-6-4-16(13-21(17)30)29-11-10-24-14-29/h4,6,8-11,13-15,18,20,30H,5,7,12H2,1-3H3/t15?,18?,20-/m1/s1. The summed E-state index contributed by atoms with van der Waals surface area (Å²) in [7, 11) is 5.95. The van der Waals surface area contributed by atoms with E-state index >= 15 is 0 Å². The van der Waals surface area contributed by atoms with Gasteiger partial charge in [-0.15, -0.1) is 10.2 Å². The Hall–Kier alpha value is -3.00. The van der Waals surface area contributed by atoms with E-state index in [4.69, 9.17) is 0 Å². The highest BCUT2D eigenvalue weighted by Crippen LogP contribution is 2.32. The van der Waals surface area contributed by atoms with Crippen LogP contribution < -0.4 is 4.90 Å². The molecule has 8 heteroatoms. The van der Waals surface area contributed by atoms with Crippen LogP contribution >= 0.6 is 0 Å². The van der Waals surface area contributed by atoms with Crippen molar-refractivity contribution in [3.63, 3.8) is 0 Å². The van der Waals surface area contributed by atoms with E-state index in [9.17, 15) is 9.50 Å². The number of phenolic OH excluding ortho intramolecular Hbond substituents is 1. The molecule has 2 unspecified atom stereocenters. The number of nitrogens with zero attached hydrogens (tertiary/aromatic N) is 6. The molecule has 3 aromatic rings. The van der Waals surface area contributed by atoms with E-state index in [1.807, 2.05) is 55.0 Å². The second-order valence-corrected chi connectivity index (χ2v) is 8.07. The lowest BCUT2D eigenvalue weighted by atomic mass is 9.88. The second kappa shape index (κ2) is 8.39. The SMILES string of the molecule is CN(C)C1CCC(F)[C@H](N(C)c2ccc(-c3ccc(-n4ccnc4)cc3O)nn2)C1. The number of aromatic nitrogens is 4. The van der Waals surface area contributed by atoms with Crippen molar-refractivity contribution >= 4 is 5.82 Å². The summed E-state index contributed by atoms with van der Waals surface area (Å²) >= 11 is 0. The average Bonchev–Trinajstić information content (AvgIpc) is 3.28. The summed E-state index contributed by atoms with van der Waals surface area (Å²) in [5, 5.41) is 19.1. The molecular formula is C22H27FN6O. The van der Waals surface area contributed by atoms with Gasteiger partial charge in [-0.2, -0.15) is 0 Å². The fourth-order valence-electron chi connectivity index (χ4n) is 4.09. The maximum absolute atomic E-state index is 14.6. The Morgan fingerprint density at radius 1 is 1.10 bits per heavy atom. The van der Waals surface area contributed by atoms with E-state index in [2.05, 4.69) is 20.1 Å². The Morgan fingerprint density at radius 3 is 2.57 bits per heavy atom. The molecule has 1 N–H and O–H groups in total. The number of benzene rings is 1. The number of hydrogen-bond donors (Lipinski definition) is 1. The van der Waals surface area contributed by atoms with Gasteiger partial charge in [0.05, 0.1) is 23.8 Å². The summed E-state index contributed by atoms with van der Waals surface area (Å²) in [6.45, 7) is 0. The van der Waals surface area contributed by atoms with Gasteiger partial charge in [-0.25, -0.2) is 9.37 Å². The van der Waals surface area contributed by atoms with Gasteiger partial charge < -0.3 is 19.5 Å². The van der Waals surface area contributed by atoms with E-state index in [1.54, 1.807) is 24.7 Å². The molecule has 1 saturated carbocycles. The molecule has 0 radical (unpaired) electrons. The topological polar surface area (TPSA) is 70.3 Å². The number of anilines is 1. The minimum Gasteiger partial charge on any atom is -0.507 e. The molecule has 1 aromatic carbocycles. The zero-order chi connectivity index (χ0) is 21.3. The number of alkyl halides is 1. The second-order valence-electron chi connectivity index (χ2n) is 8.07. The normalized spacial score (nSPS) is 21.7. The van der Waals surface area contributed by atoms with Gasteiger partial charge in [0, 0.05) is 37.1 Å². The molecule has 7 nitrogen and oxygen atoms in total. The predicted molar refractivity (Wildman–Crippen MR) is 115 cm³/mol. The summed E-state index contributed by atoms with van der Waals surface area (Å²) in [5.74, 6) is 0.738. The summed E-state index contributed by atoms with van der Waals surface area (Å²) < 4.78 is 16.4. The minimum absolute atomic E-state index is 0.113. The van der Waals surface area contributed by atoms with Crippen LogP contribution in [-0.4, -0.2) is 69.2 Å². The minimum atomic E-state index is -0.882. The van der Waals surface area contributed by atoms with Crippen LogP contribution in [0.25, 0.3) is 16.9 Å². The van der Waals surface area contributed by atoms with Crippen LogP contribution in [0.3, 0.4) is 0 Å². The van der Waals surface area contributed by atoms with E-state index < -0.39 is 6.17 Å². The predicted octanol–water partition coefficient (Wildman–Crippen LogP) is 3.29. The van der Waals surface area contributed by atoms with Crippen molar-refractivity contribution in [3.8, 4) is 22.7 Å². The number of imidazole rings is 1. The van der Waals surface area contributed by atoms with E-state index in [0.717, 1.165) is 18.5 Å². The monoisotopic (exact) mass is 410 g/mol. The molecule has 2 aromatic heterocycles. The Bertz CT molecular complexity index is 976. The largest absolute Gasteiger partial charge is 0.507 e. The Kier molecular flexibility index (Phi) is 5.67. The van der Waals surface area contributed by atoms with Crippen LogP contribution in [-0.2, 0) is 0 Å². The van der Waals surface area contributed by atoms with Gasteiger partial charge in [0.2, 0.25) is 0 Å². The number of halogens is 1. The summed E-state index contributed by atoms with van der Waals surface area (Å²) in [6, 6.07) is 9.13. The molecule has 1 aliphatic carbocycles. The smallest absolute Gasteiger partial charge is 0.151 e. The van der Waals surface area contributed by atoms with Crippen LogP contribution in [0.5, 0.6) is 5.75 Å². The molecule has 2 heterocycles. The van der Waals surface area contributed by atoms with Crippen LogP contribution in [0.1, 0.15) is 19.3 Å². The lowest BCUT2D eigenvalue weighted by Gasteiger charge is -2.40. The first-order chi connectivity index (χ1) is 14.4. The molecular weight excluding hydrogens is 383 g/mol. The van der Waals surface area contributed by atoms with Crippen molar-refractivity contribution in [1.29, 1.82) is 0 Å². The molecule has 1 fully saturated rings. The third-order valence-corrected chi connectivity index (χ3v) is 6.01. The molecule has 3 atom stereocenters. The lowest BCUT2D eigenvalue weighted by Crippen LogP contribution is -2.48. The van der Waals surface area contributed by atoms with Crippen LogP contribution in [0, 0.1) is 0 Å². The third kappa shape index (κ3) is 4.00. The fourth-order valence-corrected chi connectivity index (χ4v) is 4.09. The molecule has 0 spiro atoms. The molecule has 158 valence electrons. The van der Waals surface area contributed by atoms with Crippen molar-refractivity contribution in [3.05, 3.63) is 49.1 Å². The van der Waals surface area contributed by atoms with Gasteiger partial charge in [-0.3, -0.25) is 0 Å². The van der Waals surface area contributed by atoms with Crippen LogP contribution in [0.15, 0.2) is 49.1 Å². The van der Waals surface area contributed by atoms with Crippen molar-refractivity contribution in [2.45, 2.75) is 37.5 Å². The van der Waals surface area contributed by atoms with Gasteiger partial charge in [0.25, 0.3) is 0 Å². The third-order valence-electron chi connectivity index (χ3n) is 6.01. The highest BCUT2D eigenvalue weighted by atomic mass is 19.1. The number of rotatable bonds is 5. The first-order valence-electron chi connectivity index (χ1n) is 10.1. The van der Waals surface area contributed by atoms with Gasteiger partial charge in [-0.1, -0.05) is 0 Å². The number of aromatic hydroxyl groups is 1. The highest BCUT2D eigenvalue weighted by molar-refractivity contribution is 5.69. The van der Waals surface area contributed by atoms with E-state index in [0.29, 0.717) is 29.5 Å². The molecule has 4 rings (SSSR count). The van der Waals surface area contributed by atoms with E-state index in [-0.39, 0.29) is 11.8 Å². The van der Waals surface area contributed by atoms with Gasteiger partial charge >= 0.3 is 0 Å². The molecule has 1 aliphatic rings. The van der Waals surface area contributed by atoms with Crippen LogP contribution in [0.2, 0.25) is 0 Å².